The molecule has 1 N–H and O–H groups in total. The SMILES string of the molecule is CS(=O)(=O)c1ccc(NC(=O)N2CCCCCC2)cc1. The lowest BCUT2D eigenvalue weighted by Crippen LogP contribution is -2.35. The molecule has 0 aromatic heterocycles. The highest BCUT2D eigenvalue weighted by molar-refractivity contribution is 7.90. The Bertz CT molecular complexity index is 559. The third kappa shape index (κ3) is 3.96. The molecule has 110 valence electrons. The fraction of sp³-hybridized carbons (Fsp3) is 0.500. The molecular formula is C14H20N2O3S. The first kappa shape index (κ1) is 14.8. The van der Waals surface area contributed by atoms with E-state index in [-0.39, 0.29) is 10.9 Å². The van der Waals surface area contributed by atoms with E-state index in [0.717, 1.165) is 32.2 Å². The molecule has 1 aliphatic heterocycles. The number of nitrogens with zero attached hydrogens (tertiary/aromatic N) is 1. The minimum atomic E-state index is -3.20. The van der Waals surface area contributed by atoms with Crippen LogP contribution in [0.5, 0.6) is 0 Å². The van der Waals surface area contributed by atoms with Crippen LogP contribution in [0.3, 0.4) is 0 Å². The van der Waals surface area contributed by atoms with Gasteiger partial charge in [-0.3, -0.25) is 0 Å². The third-order valence-electron chi connectivity index (χ3n) is 3.43. The van der Waals surface area contributed by atoms with Crippen LogP contribution in [0, 0.1) is 0 Å². The van der Waals surface area contributed by atoms with Crippen molar-refractivity contribution in [3.05, 3.63) is 24.3 Å². The van der Waals surface area contributed by atoms with Crippen LogP contribution >= 0.6 is 0 Å². The molecule has 1 heterocycles. The quantitative estimate of drug-likeness (QED) is 0.912. The molecule has 1 aliphatic rings. The van der Waals surface area contributed by atoms with Gasteiger partial charge in [-0.2, -0.15) is 0 Å². The Morgan fingerprint density at radius 3 is 2.10 bits per heavy atom. The number of hydrogen-bond acceptors (Lipinski definition) is 3. The molecule has 0 aliphatic carbocycles. The van der Waals surface area contributed by atoms with Gasteiger partial charge in [0, 0.05) is 25.0 Å². The molecule has 0 spiro atoms. The van der Waals surface area contributed by atoms with Crippen LogP contribution in [0.25, 0.3) is 0 Å². The lowest BCUT2D eigenvalue weighted by atomic mass is 10.2. The summed E-state index contributed by atoms with van der Waals surface area (Å²) >= 11 is 0. The lowest BCUT2D eigenvalue weighted by molar-refractivity contribution is 0.214. The molecule has 0 saturated carbocycles. The largest absolute Gasteiger partial charge is 0.325 e. The zero-order valence-electron chi connectivity index (χ0n) is 11.6. The Labute approximate surface area is 119 Å². The number of benzene rings is 1. The number of likely N-dealkylation sites (tertiary alicyclic amines) is 1. The molecule has 0 radical (unpaired) electrons. The summed E-state index contributed by atoms with van der Waals surface area (Å²) < 4.78 is 22.7. The Morgan fingerprint density at radius 2 is 1.60 bits per heavy atom. The highest BCUT2D eigenvalue weighted by Gasteiger charge is 2.15. The van der Waals surface area contributed by atoms with E-state index >= 15 is 0 Å². The summed E-state index contributed by atoms with van der Waals surface area (Å²) in [5.41, 5.74) is 0.617. The number of sulfone groups is 1. The van der Waals surface area contributed by atoms with Crippen LogP contribution in [0.15, 0.2) is 29.2 Å². The molecule has 0 unspecified atom stereocenters. The zero-order chi connectivity index (χ0) is 14.6. The van der Waals surface area contributed by atoms with E-state index in [1.54, 1.807) is 12.1 Å². The Kier molecular flexibility index (Phi) is 4.65. The van der Waals surface area contributed by atoms with Crippen molar-refractivity contribution >= 4 is 21.6 Å². The van der Waals surface area contributed by atoms with E-state index < -0.39 is 9.84 Å². The summed E-state index contributed by atoms with van der Waals surface area (Å²) in [4.78, 5) is 14.2. The van der Waals surface area contributed by atoms with E-state index in [1.165, 1.54) is 25.0 Å². The summed E-state index contributed by atoms with van der Waals surface area (Å²) in [7, 11) is -3.20. The molecular weight excluding hydrogens is 276 g/mol. The summed E-state index contributed by atoms with van der Waals surface area (Å²) in [5, 5.41) is 2.81. The Hall–Kier alpha value is -1.56. The van der Waals surface area contributed by atoms with E-state index in [1.807, 2.05) is 4.90 Å². The van der Waals surface area contributed by atoms with Crippen LogP contribution in [-0.2, 0) is 9.84 Å². The molecule has 1 aromatic rings. The van der Waals surface area contributed by atoms with Gasteiger partial charge < -0.3 is 10.2 Å². The average molecular weight is 296 g/mol. The van der Waals surface area contributed by atoms with Gasteiger partial charge in [0.05, 0.1) is 4.90 Å². The fourth-order valence-electron chi connectivity index (χ4n) is 2.26. The molecule has 1 fully saturated rings. The number of hydrogen-bond donors (Lipinski definition) is 1. The van der Waals surface area contributed by atoms with E-state index in [0.29, 0.717) is 5.69 Å². The van der Waals surface area contributed by atoms with Gasteiger partial charge in [-0.1, -0.05) is 12.8 Å². The normalized spacial score (nSPS) is 16.6. The Balaban J connectivity index is 2.00. The van der Waals surface area contributed by atoms with Crippen molar-refractivity contribution in [1.29, 1.82) is 0 Å². The maximum atomic E-state index is 12.1. The third-order valence-corrected chi connectivity index (χ3v) is 4.56. The number of anilines is 1. The summed E-state index contributed by atoms with van der Waals surface area (Å²) in [5.74, 6) is 0. The number of carbonyl (C=O) groups excluding carboxylic acids is 1. The van der Waals surface area contributed by atoms with Gasteiger partial charge in [-0.05, 0) is 37.1 Å². The molecule has 2 amide bonds. The zero-order valence-corrected chi connectivity index (χ0v) is 12.4. The summed E-state index contributed by atoms with van der Waals surface area (Å²) in [6, 6.07) is 6.14. The second kappa shape index (κ2) is 6.26. The fourth-order valence-corrected chi connectivity index (χ4v) is 2.89. The molecule has 1 aromatic carbocycles. The van der Waals surface area contributed by atoms with Crippen LogP contribution in [0.1, 0.15) is 25.7 Å². The summed E-state index contributed by atoms with van der Waals surface area (Å²) in [6.07, 6.45) is 5.60. The topological polar surface area (TPSA) is 66.5 Å². The lowest BCUT2D eigenvalue weighted by Gasteiger charge is -2.20. The summed E-state index contributed by atoms with van der Waals surface area (Å²) in [6.45, 7) is 1.57. The van der Waals surface area contributed by atoms with Crippen molar-refractivity contribution in [2.75, 3.05) is 24.7 Å². The number of carbonyl (C=O) groups is 1. The highest BCUT2D eigenvalue weighted by atomic mass is 32.2. The number of urea groups is 1. The standard InChI is InChI=1S/C14H20N2O3S/c1-20(18,19)13-8-6-12(7-9-13)15-14(17)16-10-4-2-3-5-11-16/h6-9H,2-5,10-11H2,1H3,(H,15,17). The van der Waals surface area contributed by atoms with Gasteiger partial charge in [-0.25, -0.2) is 13.2 Å². The van der Waals surface area contributed by atoms with Crippen LogP contribution < -0.4 is 5.32 Å². The highest BCUT2D eigenvalue weighted by Crippen LogP contribution is 2.15. The van der Waals surface area contributed by atoms with E-state index in [4.69, 9.17) is 0 Å². The number of nitrogens with one attached hydrogen (secondary N) is 1. The molecule has 2 rings (SSSR count). The molecule has 20 heavy (non-hydrogen) atoms. The van der Waals surface area contributed by atoms with Crippen LogP contribution in [-0.4, -0.2) is 38.7 Å². The van der Waals surface area contributed by atoms with Crippen LogP contribution in [0.4, 0.5) is 10.5 Å². The first-order valence-electron chi connectivity index (χ1n) is 6.83. The van der Waals surface area contributed by atoms with Gasteiger partial charge in [0.2, 0.25) is 0 Å². The van der Waals surface area contributed by atoms with Crippen molar-refractivity contribution in [2.45, 2.75) is 30.6 Å². The molecule has 0 bridgehead atoms. The minimum Gasteiger partial charge on any atom is -0.325 e. The average Bonchev–Trinajstić information content (AvgIpc) is 2.67. The van der Waals surface area contributed by atoms with Crippen molar-refractivity contribution in [1.82, 2.24) is 4.90 Å². The molecule has 6 heteroatoms. The molecule has 0 atom stereocenters. The number of amides is 2. The molecule has 1 saturated heterocycles. The van der Waals surface area contributed by atoms with Crippen LogP contribution in [0.2, 0.25) is 0 Å². The second-order valence-electron chi connectivity index (χ2n) is 5.13. The maximum Gasteiger partial charge on any atom is 0.321 e. The number of rotatable bonds is 2. The second-order valence-corrected chi connectivity index (χ2v) is 7.14. The molecule has 5 nitrogen and oxygen atoms in total. The van der Waals surface area contributed by atoms with E-state index in [9.17, 15) is 13.2 Å². The van der Waals surface area contributed by atoms with Crippen molar-refractivity contribution in [3.8, 4) is 0 Å². The first-order chi connectivity index (χ1) is 9.47. The van der Waals surface area contributed by atoms with Gasteiger partial charge in [0.1, 0.15) is 0 Å². The maximum absolute atomic E-state index is 12.1. The van der Waals surface area contributed by atoms with Crippen molar-refractivity contribution in [2.24, 2.45) is 0 Å². The van der Waals surface area contributed by atoms with Gasteiger partial charge >= 0.3 is 6.03 Å². The van der Waals surface area contributed by atoms with E-state index in [2.05, 4.69) is 5.32 Å². The first-order valence-corrected chi connectivity index (χ1v) is 8.72. The predicted octanol–water partition coefficient (Wildman–Crippen LogP) is 2.50. The Morgan fingerprint density at radius 1 is 1.05 bits per heavy atom. The van der Waals surface area contributed by atoms with Gasteiger partial charge in [-0.15, -0.1) is 0 Å². The van der Waals surface area contributed by atoms with Gasteiger partial charge in [0.25, 0.3) is 0 Å². The minimum absolute atomic E-state index is 0.112. The monoisotopic (exact) mass is 296 g/mol. The smallest absolute Gasteiger partial charge is 0.321 e. The predicted molar refractivity (Wildman–Crippen MR) is 78.6 cm³/mol. The van der Waals surface area contributed by atoms with Crippen molar-refractivity contribution in [3.63, 3.8) is 0 Å². The van der Waals surface area contributed by atoms with Gasteiger partial charge in [0.15, 0.2) is 9.84 Å². The van der Waals surface area contributed by atoms with Crippen molar-refractivity contribution < 1.29 is 13.2 Å².